The molecule has 0 saturated carbocycles. The Morgan fingerprint density at radius 2 is 1.71 bits per heavy atom. The number of halogens is 2. The number of benzene rings is 2. The lowest BCUT2D eigenvalue weighted by Crippen LogP contribution is -2.43. The van der Waals surface area contributed by atoms with Gasteiger partial charge in [0, 0.05) is 18.6 Å². The first-order valence-corrected chi connectivity index (χ1v) is 9.62. The number of carbonyl (C=O) groups is 1. The van der Waals surface area contributed by atoms with Crippen molar-refractivity contribution < 1.29 is 14.3 Å². The minimum absolute atomic E-state index is 0. The molecule has 0 aromatic heterocycles. The SMILES string of the molecule is COc1cc(CNCc2ccccc2)cc(Br)c1OCC(=O)NC(C)(C)C.Cl. The molecule has 0 spiro atoms. The van der Waals surface area contributed by atoms with Gasteiger partial charge in [0.2, 0.25) is 0 Å². The van der Waals surface area contributed by atoms with Crippen LogP contribution in [0.5, 0.6) is 11.5 Å². The number of rotatable bonds is 8. The summed E-state index contributed by atoms with van der Waals surface area (Å²) in [5.74, 6) is 0.933. The predicted molar refractivity (Wildman–Crippen MR) is 118 cm³/mol. The zero-order chi connectivity index (χ0) is 19.9. The van der Waals surface area contributed by atoms with Crippen molar-refractivity contribution in [2.75, 3.05) is 13.7 Å². The van der Waals surface area contributed by atoms with E-state index in [1.165, 1.54) is 5.56 Å². The van der Waals surface area contributed by atoms with Gasteiger partial charge in [-0.3, -0.25) is 4.79 Å². The molecule has 0 aliphatic carbocycles. The van der Waals surface area contributed by atoms with Crippen molar-refractivity contribution in [2.45, 2.75) is 39.4 Å². The Balaban J connectivity index is 0.00000392. The first-order valence-electron chi connectivity index (χ1n) is 8.83. The molecular formula is C21H28BrClN2O3. The molecule has 7 heteroatoms. The number of hydrogen-bond acceptors (Lipinski definition) is 4. The normalized spacial score (nSPS) is 10.8. The third-order valence-electron chi connectivity index (χ3n) is 3.65. The van der Waals surface area contributed by atoms with E-state index in [0.29, 0.717) is 18.0 Å². The van der Waals surface area contributed by atoms with Crippen molar-refractivity contribution in [2.24, 2.45) is 0 Å². The number of ether oxygens (including phenoxy) is 2. The third-order valence-corrected chi connectivity index (χ3v) is 4.24. The fourth-order valence-corrected chi connectivity index (χ4v) is 3.16. The Hall–Kier alpha value is -1.76. The van der Waals surface area contributed by atoms with Gasteiger partial charge in [-0.1, -0.05) is 30.3 Å². The summed E-state index contributed by atoms with van der Waals surface area (Å²) in [5, 5.41) is 6.28. The molecule has 154 valence electrons. The lowest BCUT2D eigenvalue weighted by Gasteiger charge is -2.21. The molecule has 2 aromatic carbocycles. The van der Waals surface area contributed by atoms with Gasteiger partial charge in [-0.25, -0.2) is 0 Å². The van der Waals surface area contributed by atoms with E-state index in [0.717, 1.165) is 16.6 Å². The average molecular weight is 472 g/mol. The molecule has 0 fully saturated rings. The molecule has 2 aromatic rings. The van der Waals surface area contributed by atoms with Crippen LogP contribution in [0.25, 0.3) is 0 Å². The largest absolute Gasteiger partial charge is 0.493 e. The Kier molecular flexibility index (Phi) is 9.79. The van der Waals surface area contributed by atoms with E-state index in [4.69, 9.17) is 9.47 Å². The molecule has 2 N–H and O–H groups in total. The second-order valence-electron chi connectivity index (χ2n) is 7.29. The van der Waals surface area contributed by atoms with Crippen LogP contribution in [0.3, 0.4) is 0 Å². The molecule has 0 saturated heterocycles. The molecule has 2 rings (SSSR count). The Labute approximate surface area is 181 Å². The summed E-state index contributed by atoms with van der Waals surface area (Å²) in [7, 11) is 1.59. The van der Waals surface area contributed by atoms with Crippen molar-refractivity contribution in [1.82, 2.24) is 10.6 Å². The topological polar surface area (TPSA) is 59.6 Å². The molecule has 0 atom stereocenters. The average Bonchev–Trinajstić information content (AvgIpc) is 2.59. The first kappa shape index (κ1) is 24.3. The van der Waals surface area contributed by atoms with E-state index in [1.807, 2.05) is 51.1 Å². The van der Waals surface area contributed by atoms with Gasteiger partial charge in [-0.15, -0.1) is 12.4 Å². The summed E-state index contributed by atoms with van der Waals surface area (Å²) >= 11 is 3.52. The molecule has 0 bridgehead atoms. The van der Waals surface area contributed by atoms with Gasteiger partial charge in [-0.05, 0) is 60.0 Å². The number of methoxy groups -OCH3 is 1. The smallest absolute Gasteiger partial charge is 0.258 e. The predicted octanol–water partition coefficient (Wildman–Crippen LogP) is 4.46. The highest BCUT2D eigenvalue weighted by Crippen LogP contribution is 2.36. The van der Waals surface area contributed by atoms with Crippen LogP contribution in [0.4, 0.5) is 0 Å². The quantitative estimate of drug-likeness (QED) is 0.597. The standard InChI is InChI=1S/C21H27BrN2O3.ClH/c1-21(2,3)24-19(25)14-27-20-17(22)10-16(11-18(20)26-4)13-23-12-15-8-6-5-7-9-15;/h5-11,23H,12-14H2,1-4H3,(H,24,25);1H. The number of amides is 1. The number of hydrogen-bond donors (Lipinski definition) is 2. The van der Waals surface area contributed by atoms with Crippen LogP contribution in [0.15, 0.2) is 46.9 Å². The van der Waals surface area contributed by atoms with Crippen LogP contribution in [-0.2, 0) is 17.9 Å². The van der Waals surface area contributed by atoms with Crippen LogP contribution in [0.1, 0.15) is 31.9 Å². The van der Waals surface area contributed by atoms with E-state index in [2.05, 4.69) is 38.7 Å². The van der Waals surface area contributed by atoms with Gasteiger partial charge in [-0.2, -0.15) is 0 Å². The highest BCUT2D eigenvalue weighted by atomic mass is 79.9. The Bertz CT molecular complexity index is 764. The second-order valence-corrected chi connectivity index (χ2v) is 8.14. The molecule has 0 aliphatic rings. The summed E-state index contributed by atoms with van der Waals surface area (Å²) in [6.45, 7) is 7.19. The maximum Gasteiger partial charge on any atom is 0.258 e. The molecule has 0 radical (unpaired) electrons. The van der Waals surface area contributed by atoms with E-state index in [-0.39, 0.29) is 30.5 Å². The minimum Gasteiger partial charge on any atom is -0.493 e. The lowest BCUT2D eigenvalue weighted by molar-refractivity contribution is -0.124. The van der Waals surface area contributed by atoms with Crippen LogP contribution < -0.4 is 20.1 Å². The summed E-state index contributed by atoms with van der Waals surface area (Å²) in [4.78, 5) is 12.0. The fraction of sp³-hybridized carbons (Fsp3) is 0.381. The lowest BCUT2D eigenvalue weighted by atomic mass is 10.1. The summed E-state index contributed by atoms with van der Waals surface area (Å²) < 4.78 is 11.9. The number of carbonyl (C=O) groups excluding carboxylic acids is 1. The van der Waals surface area contributed by atoms with E-state index < -0.39 is 0 Å². The monoisotopic (exact) mass is 470 g/mol. The summed E-state index contributed by atoms with van der Waals surface area (Å²) in [6, 6.07) is 14.1. The highest BCUT2D eigenvalue weighted by molar-refractivity contribution is 9.10. The molecule has 28 heavy (non-hydrogen) atoms. The molecular weight excluding hydrogens is 444 g/mol. The first-order chi connectivity index (χ1) is 12.8. The van der Waals surface area contributed by atoms with Gasteiger partial charge in [0.25, 0.3) is 5.91 Å². The summed E-state index contributed by atoms with van der Waals surface area (Å²) in [5.41, 5.74) is 1.99. The fourth-order valence-electron chi connectivity index (χ4n) is 2.55. The number of nitrogens with one attached hydrogen (secondary N) is 2. The highest BCUT2D eigenvalue weighted by Gasteiger charge is 2.17. The zero-order valence-electron chi connectivity index (χ0n) is 16.7. The van der Waals surface area contributed by atoms with Gasteiger partial charge in [0.1, 0.15) is 0 Å². The molecule has 1 amide bonds. The second kappa shape index (κ2) is 11.3. The van der Waals surface area contributed by atoms with Gasteiger partial charge in [0.15, 0.2) is 18.1 Å². The maximum atomic E-state index is 12.0. The molecule has 0 aliphatic heterocycles. The zero-order valence-corrected chi connectivity index (χ0v) is 19.1. The van der Waals surface area contributed by atoms with E-state index in [1.54, 1.807) is 7.11 Å². The minimum atomic E-state index is -0.296. The molecule has 0 heterocycles. The van der Waals surface area contributed by atoms with Crippen LogP contribution in [0.2, 0.25) is 0 Å². The molecule has 5 nitrogen and oxygen atoms in total. The van der Waals surface area contributed by atoms with Crippen LogP contribution in [-0.4, -0.2) is 25.2 Å². The Morgan fingerprint density at radius 3 is 2.32 bits per heavy atom. The van der Waals surface area contributed by atoms with Gasteiger partial charge in [0.05, 0.1) is 11.6 Å². The van der Waals surface area contributed by atoms with Crippen molar-refractivity contribution >= 4 is 34.2 Å². The van der Waals surface area contributed by atoms with E-state index >= 15 is 0 Å². The summed E-state index contributed by atoms with van der Waals surface area (Å²) in [6.07, 6.45) is 0. The van der Waals surface area contributed by atoms with Crippen molar-refractivity contribution in [3.8, 4) is 11.5 Å². The van der Waals surface area contributed by atoms with Crippen molar-refractivity contribution in [3.63, 3.8) is 0 Å². The Morgan fingerprint density at radius 1 is 1.07 bits per heavy atom. The third kappa shape index (κ3) is 8.09. The maximum absolute atomic E-state index is 12.0. The van der Waals surface area contributed by atoms with Crippen LogP contribution >= 0.6 is 28.3 Å². The van der Waals surface area contributed by atoms with E-state index in [9.17, 15) is 4.79 Å². The van der Waals surface area contributed by atoms with Crippen molar-refractivity contribution in [1.29, 1.82) is 0 Å². The van der Waals surface area contributed by atoms with Crippen molar-refractivity contribution in [3.05, 3.63) is 58.1 Å². The molecule has 0 unspecified atom stereocenters. The van der Waals surface area contributed by atoms with Crippen LogP contribution in [0, 0.1) is 0 Å². The van der Waals surface area contributed by atoms with Gasteiger partial charge < -0.3 is 20.1 Å². The van der Waals surface area contributed by atoms with Gasteiger partial charge >= 0.3 is 0 Å².